The summed E-state index contributed by atoms with van der Waals surface area (Å²) in [4.78, 5) is 17.3. The lowest BCUT2D eigenvalue weighted by Gasteiger charge is -2.11. The highest BCUT2D eigenvalue weighted by atomic mass is 79.9. The number of anilines is 1. The van der Waals surface area contributed by atoms with Crippen molar-refractivity contribution in [3.05, 3.63) is 88.4 Å². The number of amides is 1. The van der Waals surface area contributed by atoms with Gasteiger partial charge < -0.3 is 5.32 Å². The van der Waals surface area contributed by atoms with Gasteiger partial charge in [0.05, 0.1) is 11.4 Å². The minimum Gasteiger partial charge on any atom is -0.324 e. The smallest absolute Gasteiger partial charge is 0.234 e. The largest absolute Gasteiger partial charge is 0.324 e. The van der Waals surface area contributed by atoms with Gasteiger partial charge in [-0.25, -0.2) is 4.98 Å². The number of halogens is 1. The van der Waals surface area contributed by atoms with E-state index < -0.39 is 0 Å². The SMILES string of the molecule is Cc1cc(Br)c(NC(=O)CSc2nnc(-c3ccccc3)c(-c3ccccc3)n2)cc1C. The molecule has 0 aliphatic heterocycles. The molecule has 0 aliphatic carbocycles. The van der Waals surface area contributed by atoms with E-state index >= 15 is 0 Å². The lowest BCUT2D eigenvalue weighted by atomic mass is 10.0. The molecule has 0 spiro atoms. The molecule has 1 N–H and O–H groups in total. The van der Waals surface area contributed by atoms with Gasteiger partial charge in [0.2, 0.25) is 11.1 Å². The first-order valence-electron chi connectivity index (χ1n) is 10.1. The number of carbonyl (C=O) groups is 1. The standard InChI is InChI=1S/C25H21BrN4OS/c1-16-13-20(26)21(14-17(16)2)27-22(31)15-32-25-28-23(18-9-5-3-6-10-18)24(29-30-25)19-11-7-4-8-12-19/h3-14H,15H2,1-2H3,(H,27,31). The fourth-order valence-corrected chi connectivity index (χ4v) is 4.30. The molecule has 5 nitrogen and oxygen atoms in total. The van der Waals surface area contributed by atoms with Crippen molar-refractivity contribution in [3.63, 3.8) is 0 Å². The van der Waals surface area contributed by atoms with Crippen LogP contribution in [0, 0.1) is 13.8 Å². The number of aryl methyl sites for hydroxylation is 2. The molecule has 160 valence electrons. The van der Waals surface area contributed by atoms with Gasteiger partial charge in [-0.15, -0.1) is 10.2 Å². The lowest BCUT2D eigenvalue weighted by Crippen LogP contribution is -2.15. The number of thioether (sulfide) groups is 1. The van der Waals surface area contributed by atoms with Gasteiger partial charge in [-0.3, -0.25) is 4.79 Å². The van der Waals surface area contributed by atoms with E-state index in [9.17, 15) is 4.79 Å². The molecule has 32 heavy (non-hydrogen) atoms. The number of hydrogen-bond acceptors (Lipinski definition) is 5. The summed E-state index contributed by atoms with van der Waals surface area (Å²) in [6, 6.07) is 23.7. The molecule has 7 heteroatoms. The van der Waals surface area contributed by atoms with Gasteiger partial charge >= 0.3 is 0 Å². The number of rotatable bonds is 6. The summed E-state index contributed by atoms with van der Waals surface area (Å²) in [5, 5.41) is 12.1. The lowest BCUT2D eigenvalue weighted by molar-refractivity contribution is -0.113. The van der Waals surface area contributed by atoms with Crippen LogP contribution >= 0.6 is 27.7 Å². The minimum atomic E-state index is -0.129. The Bertz CT molecular complexity index is 1250. The Balaban J connectivity index is 1.54. The second-order valence-electron chi connectivity index (χ2n) is 7.28. The van der Waals surface area contributed by atoms with Gasteiger partial charge in [0, 0.05) is 15.6 Å². The summed E-state index contributed by atoms with van der Waals surface area (Å²) >= 11 is 4.78. The van der Waals surface area contributed by atoms with Crippen LogP contribution < -0.4 is 5.32 Å². The Morgan fingerprint density at radius 3 is 2.12 bits per heavy atom. The highest BCUT2D eigenvalue weighted by Crippen LogP contribution is 2.30. The molecule has 0 saturated carbocycles. The van der Waals surface area contributed by atoms with E-state index in [1.54, 1.807) is 0 Å². The van der Waals surface area contributed by atoms with E-state index in [0.29, 0.717) is 10.9 Å². The molecular weight excluding hydrogens is 484 g/mol. The van der Waals surface area contributed by atoms with E-state index in [4.69, 9.17) is 4.98 Å². The van der Waals surface area contributed by atoms with Gasteiger partial charge in [-0.2, -0.15) is 0 Å². The Labute approximate surface area is 199 Å². The normalized spacial score (nSPS) is 10.7. The maximum Gasteiger partial charge on any atom is 0.234 e. The molecule has 0 fully saturated rings. The third-order valence-corrected chi connectivity index (χ3v) is 6.45. The Morgan fingerprint density at radius 1 is 0.875 bits per heavy atom. The molecule has 0 atom stereocenters. The van der Waals surface area contributed by atoms with Crippen LogP contribution in [0.1, 0.15) is 11.1 Å². The Kier molecular flexibility index (Phi) is 6.97. The average Bonchev–Trinajstić information content (AvgIpc) is 2.82. The van der Waals surface area contributed by atoms with Gasteiger partial charge in [0.15, 0.2) is 0 Å². The number of aromatic nitrogens is 3. The molecular formula is C25H21BrN4OS. The molecule has 4 aromatic rings. The average molecular weight is 505 g/mol. The van der Waals surface area contributed by atoms with Crippen molar-refractivity contribution in [3.8, 4) is 22.5 Å². The van der Waals surface area contributed by atoms with Crippen molar-refractivity contribution in [2.24, 2.45) is 0 Å². The van der Waals surface area contributed by atoms with Gasteiger partial charge in [0.1, 0.15) is 11.4 Å². The quantitative estimate of drug-likeness (QED) is 0.311. The van der Waals surface area contributed by atoms with Gasteiger partial charge in [-0.05, 0) is 53.0 Å². The van der Waals surface area contributed by atoms with Crippen LogP contribution in [0.15, 0.2) is 82.4 Å². The van der Waals surface area contributed by atoms with E-state index in [1.807, 2.05) is 86.6 Å². The number of benzene rings is 3. The molecule has 0 saturated heterocycles. The first kappa shape index (κ1) is 22.2. The zero-order valence-corrected chi connectivity index (χ0v) is 20.1. The summed E-state index contributed by atoms with van der Waals surface area (Å²) in [6.45, 7) is 4.06. The van der Waals surface area contributed by atoms with Crippen molar-refractivity contribution in [1.29, 1.82) is 0 Å². The molecule has 1 aromatic heterocycles. The van der Waals surface area contributed by atoms with Crippen molar-refractivity contribution < 1.29 is 4.79 Å². The molecule has 0 radical (unpaired) electrons. The fraction of sp³-hybridized carbons (Fsp3) is 0.120. The van der Waals surface area contributed by atoms with Crippen molar-refractivity contribution in [2.45, 2.75) is 19.0 Å². The fourth-order valence-electron chi connectivity index (χ4n) is 3.15. The number of nitrogens with one attached hydrogen (secondary N) is 1. The molecule has 3 aromatic carbocycles. The summed E-state index contributed by atoms with van der Waals surface area (Å²) in [5.74, 6) is 0.0518. The summed E-state index contributed by atoms with van der Waals surface area (Å²) in [7, 11) is 0. The van der Waals surface area contributed by atoms with Crippen LogP contribution in [0.3, 0.4) is 0 Å². The zero-order valence-electron chi connectivity index (χ0n) is 17.7. The predicted octanol–water partition coefficient (Wildman–Crippen LogP) is 6.32. The highest BCUT2D eigenvalue weighted by molar-refractivity contribution is 9.10. The third-order valence-electron chi connectivity index (χ3n) is 4.95. The van der Waals surface area contributed by atoms with Crippen LogP contribution in [0.2, 0.25) is 0 Å². The van der Waals surface area contributed by atoms with Crippen LogP contribution in [0.4, 0.5) is 5.69 Å². The predicted molar refractivity (Wildman–Crippen MR) is 134 cm³/mol. The van der Waals surface area contributed by atoms with Crippen molar-refractivity contribution in [1.82, 2.24) is 15.2 Å². The van der Waals surface area contributed by atoms with E-state index in [-0.39, 0.29) is 11.7 Å². The molecule has 1 heterocycles. The second kappa shape index (κ2) is 10.1. The first-order valence-corrected chi connectivity index (χ1v) is 11.8. The molecule has 0 bridgehead atoms. The van der Waals surface area contributed by atoms with Crippen LogP contribution in [0.25, 0.3) is 22.5 Å². The van der Waals surface area contributed by atoms with Crippen LogP contribution in [-0.4, -0.2) is 26.8 Å². The Hall–Kier alpha value is -3.03. The Morgan fingerprint density at radius 2 is 1.47 bits per heavy atom. The van der Waals surface area contributed by atoms with Crippen LogP contribution in [-0.2, 0) is 4.79 Å². The monoisotopic (exact) mass is 504 g/mol. The summed E-state index contributed by atoms with van der Waals surface area (Å²) < 4.78 is 0.857. The van der Waals surface area contributed by atoms with E-state index in [2.05, 4.69) is 31.4 Å². The number of carbonyl (C=O) groups excluding carboxylic acids is 1. The molecule has 0 unspecified atom stereocenters. The van der Waals surface area contributed by atoms with Crippen LogP contribution in [0.5, 0.6) is 0 Å². The van der Waals surface area contributed by atoms with Gasteiger partial charge in [-0.1, -0.05) is 72.4 Å². The summed E-state index contributed by atoms with van der Waals surface area (Å²) in [5.41, 5.74) is 6.38. The van der Waals surface area contributed by atoms with E-state index in [1.165, 1.54) is 11.8 Å². The first-order chi connectivity index (χ1) is 15.5. The van der Waals surface area contributed by atoms with Crippen molar-refractivity contribution >= 4 is 39.3 Å². The molecule has 1 amide bonds. The maximum absolute atomic E-state index is 12.5. The highest BCUT2D eigenvalue weighted by Gasteiger charge is 2.15. The summed E-state index contributed by atoms with van der Waals surface area (Å²) in [6.07, 6.45) is 0. The third kappa shape index (κ3) is 5.23. The topological polar surface area (TPSA) is 67.8 Å². The zero-order chi connectivity index (χ0) is 22.5. The van der Waals surface area contributed by atoms with Crippen molar-refractivity contribution in [2.75, 3.05) is 11.1 Å². The van der Waals surface area contributed by atoms with E-state index in [0.717, 1.165) is 38.1 Å². The number of nitrogens with zero attached hydrogens (tertiary/aromatic N) is 3. The molecule has 0 aliphatic rings. The van der Waals surface area contributed by atoms with Gasteiger partial charge in [0.25, 0.3) is 0 Å². The minimum absolute atomic E-state index is 0.129. The second-order valence-corrected chi connectivity index (χ2v) is 9.07. The number of hydrogen-bond donors (Lipinski definition) is 1. The maximum atomic E-state index is 12.5. The molecule has 4 rings (SSSR count).